The molecule has 0 N–H and O–H groups in total. The first-order chi connectivity index (χ1) is 11.4. The molecule has 1 aliphatic rings. The summed E-state index contributed by atoms with van der Waals surface area (Å²) in [6.07, 6.45) is 5.41. The van der Waals surface area contributed by atoms with Gasteiger partial charge in [-0.1, -0.05) is 86.8 Å². The molecule has 1 fully saturated rings. The molecule has 2 aromatic carbocycles. The van der Waals surface area contributed by atoms with Crippen molar-refractivity contribution in [3.8, 4) is 0 Å². The second kappa shape index (κ2) is 8.31. The molecule has 1 heterocycles. The van der Waals surface area contributed by atoms with Crippen molar-refractivity contribution < 1.29 is 0 Å². The Morgan fingerprint density at radius 3 is 1.74 bits per heavy atom. The van der Waals surface area contributed by atoms with E-state index in [1.807, 2.05) is 0 Å². The van der Waals surface area contributed by atoms with Crippen molar-refractivity contribution >= 4 is 0 Å². The van der Waals surface area contributed by atoms with Gasteiger partial charge in [-0.2, -0.15) is 0 Å². The highest BCUT2D eigenvalue weighted by Gasteiger charge is 2.34. The predicted molar refractivity (Wildman–Crippen MR) is 98.9 cm³/mol. The Kier molecular flexibility index (Phi) is 5.87. The largest absolute Gasteiger partial charge is 0.302 e. The second-order valence-corrected chi connectivity index (χ2v) is 6.85. The van der Waals surface area contributed by atoms with Crippen LogP contribution in [0.15, 0.2) is 60.7 Å². The van der Waals surface area contributed by atoms with Crippen LogP contribution in [0.5, 0.6) is 0 Å². The van der Waals surface area contributed by atoms with Gasteiger partial charge >= 0.3 is 0 Å². The smallest absolute Gasteiger partial charge is 0.00569 e. The van der Waals surface area contributed by atoms with E-state index in [0.717, 1.165) is 0 Å². The quantitative estimate of drug-likeness (QED) is 0.615. The maximum Gasteiger partial charge on any atom is 0.00569 e. The molecule has 0 aromatic heterocycles. The molecule has 0 saturated carbocycles. The minimum Gasteiger partial charge on any atom is -0.302 e. The maximum absolute atomic E-state index is 2.69. The highest BCUT2D eigenvalue weighted by Crippen LogP contribution is 2.39. The third kappa shape index (κ3) is 4.23. The zero-order valence-electron chi connectivity index (χ0n) is 14.3. The Hall–Kier alpha value is -1.60. The van der Waals surface area contributed by atoms with Gasteiger partial charge in [0.05, 0.1) is 0 Å². The van der Waals surface area contributed by atoms with Crippen molar-refractivity contribution in [1.82, 2.24) is 4.90 Å². The summed E-state index contributed by atoms with van der Waals surface area (Å²) in [7, 11) is 0. The molecule has 1 nitrogen and oxygen atoms in total. The molecule has 0 aliphatic carbocycles. The highest BCUT2D eigenvalue weighted by atomic mass is 15.1. The van der Waals surface area contributed by atoms with Gasteiger partial charge in [-0.05, 0) is 24.1 Å². The van der Waals surface area contributed by atoms with E-state index >= 15 is 0 Å². The van der Waals surface area contributed by atoms with Gasteiger partial charge in [-0.3, -0.25) is 0 Å². The van der Waals surface area contributed by atoms with Crippen LogP contribution in [0.2, 0.25) is 0 Å². The number of nitrogens with zero attached hydrogens (tertiary/aromatic N) is 1. The molecular weight excluding hydrogens is 278 g/mol. The first-order valence-corrected chi connectivity index (χ1v) is 9.20. The predicted octanol–water partition coefficient (Wildman–Crippen LogP) is 5.45. The van der Waals surface area contributed by atoms with Crippen molar-refractivity contribution in [2.45, 2.75) is 44.4 Å². The monoisotopic (exact) mass is 307 g/mol. The molecule has 122 valence electrons. The molecule has 2 aromatic rings. The van der Waals surface area contributed by atoms with Crippen LogP contribution in [0.25, 0.3) is 0 Å². The van der Waals surface area contributed by atoms with Crippen LogP contribution < -0.4 is 0 Å². The molecule has 0 unspecified atom stereocenters. The summed E-state index contributed by atoms with van der Waals surface area (Å²) in [6, 6.07) is 22.2. The first kappa shape index (κ1) is 16.3. The van der Waals surface area contributed by atoms with E-state index < -0.39 is 0 Å². The van der Waals surface area contributed by atoms with E-state index in [1.165, 1.54) is 56.4 Å². The standard InChI is InChI=1S/C22H29N/c1-2-3-4-11-16-23-17-21(19-12-7-5-8-13-19)22(18-23)20-14-9-6-10-15-20/h5-10,12-15,21-22H,2-4,11,16-18H2,1H3/t21-,22-/m0/s1. The summed E-state index contributed by atoms with van der Waals surface area (Å²) >= 11 is 0. The lowest BCUT2D eigenvalue weighted by atomic mass is 9.84. The average Bonchev–Trinajstić information content (AvgIpc) is 3.05. The summed E-state index contributed by atoms with van der Waals surface area (Å²) in [5.74, 6) is 1.26. The summed E-state index contributed by atoms with van der Waals surface area (Å²) in [5, 5.41) is 0. The number of hydrogen-bond donors (Lipinski definition) is 0. The molecular formula is C22H29N. The number of benzene rings is 2. The number of rotatable bonds is 7. The third-order valence-electron chi connectivity index (χ3n) is 5.18. The summed E-state index contributed by atoms with van der Waals surface area (Å²) in [6.45, 7) is 5.95. The number of hydrogen-bond acceptors (Lipinski definition) is 1. The van der Waals surface area contributed by atoms with Gasteiger partial charge < -0.3 is 4.90 Å². The van der Waals surface area contributed by atoms with Crippen LogP contribution in [-0.4, -0.2) is 24.5 Å². The number of unbranched alkanes of at least 4 members (excludes halogenated alkanes) is 3. The topological polar surface area (TPSA) is 3.24 Å². The minimum absolute atomic E-state index is 0.629. The van der Waals surface area contributed by atoms with E-state index in [0.29, 0.717) is 11.8 Å². The fraction of sp³-hybridized carbons (Fsp3) is 0.455. The molecule has 0 radical (unpaired) electrons. The van der Waals surface area contributed by atoms with Gasteiger partial charge in [-0.25, -0.2) is 0 Å². The molecule has 1 saturated heterocycles. The highest BCUT2D eigenvalue weighted by molar-refractivity contribution is 5.31. The zero-order valence-corrected chi connectivity index (χ0v) is 14.3. The molecule has 0 amide bonds. The van der Waals surface area contributed by atoms with Crippen LogP contribution in [0.4, 0.5) is 0 Å². The minimum atomic E-state index is 0.629. The SMILES string of the molecule is CCCCCCN1C[C@@H](c2ccccc2)[C@H](c2ccccc2)C1. The molecule has 1 aliphatic heterocycles. The van der Waals surface area contributed by atoms with Gasteiger partial charge in [0.15, 0.2) is 0 Å². The van der Waals surface area contributed by atoms with Gasteiger partial charge in [-0.15, -0.1) is 0 Å². The van der Waals surface area contributed by atoms with E-state index in [-0.39, 0.29) is 0 Å². The molecule has 0 bridgehead atoms. The van der Waals surface area contributed by atoms with Crippen molar-refractivity contribution in [1.29, 1.82) is 0 Å². The Balaban J connectivity index is 1.72. The van der Waals surface area contributed by atoms with Gasteiger partial charge in [0.2, 0.25) is 0 Å². The fourth-order valence-corrected chi connectivity index (χ4v) is 3.91. The normalized spacial score (nSPS) is 21.6. The Morgan fingerprint density at radius 1 is 0.739 bits per heavy atom. The van der Waals surface area contributed by atoms with Crippen LogP contribution in [0, 0.1) is 0 Å². The van der Waals surface area contributed by atoms with Crippen molar-refractivity contribution in [3.05, 3.63) is 71.8 Å². The fourth-order valence-electron chi connectivity index (χ4n) is 3.91. The van der Waals surface area contributed by atoms with Crippen molar-refractivity contribution in [2.24, 2.45) is 0 Å². The Labute approximate surface area is 141 Å². The van der Waals surface area contributed by atoms with Gasteiger partial charge in [0, 0.05) is 24.9 Å². The second-order valence-electron chi connectivity index (χ2n) is 6.85. The van der Waals surface area contributed by atoms with E-state index in [9.17, 15) is 0 Å². The average molecular weight is 307 g/mol. The van der Waals surface area contributed by atoms with Crippen LogP contribution in [-0.2, 0) is 0 Å². The van der Waals surface area contributed by atoms with Crippen LogP contribution in [0.3, 0.4) is 0 Å². The zero-order chi connectivity index (χ0) is 15.9. The van der Waals surface area contributed by atoms with E-state index in [1.54, 1.807) is 0 Å². The van der Waals surface area contributed by atoms with Gasteiger partial charge in [0.25, 0.3) is 0 Å². The molecule has 2 atom stereocenters. The third-order valence-corrected chi connectivity index (χ3v) is 5.18. The molecule has 0 spiro atoms. The lowest BCUT2D eigenvalue weighted by Gasteiger charge is -2.19. The lowest BCUT2D eigenvalue weighted by Crippen LogP contribution is -2.22. The summed E-state index contributed by atoms with van der Waals surface area (Å²) < 4.78 is 0. The Morgan fingerprint density at radius 2 is 1.26 bits per heavy atom. The summed E-state index contributed by atoms with van der Waals surface area (Å²) in [4.78, 5) is 2.69. The Bertz CT molecular complexity index is 516. The lowest BCUT2D eigenvalue weighted by molar-refractivity contribution is 0.321. The van der Waals surface area contributed by atoms with E-state index in [4.69, 9.17) is 0 Å². The van der Waals surface area contributed by atoms with Crippen LogP contribution >= 0.6 is 0 Å². The van der Waals surface area contributed by atoms with Crippen molar-refractivity contribution in [3.63, 3.8) is 0 Å². The van der Waals surface area contributed by atoms with E-state index in [2.05, 4.69) is 72.5 Å². The molecule has 1 heteroatoms. The molecule has 3 rings (SSSR count). The van der Waals surface area contributed by atoms with Crippen molar-refractivity contribution in [2.75, 3.05) is 19.6 Å². The summed E-state index contributed by atoms with van der Waals surface area (Å²) in [5.41, 5.74) is 3.00. The van der Waals surface area contributed by atoms with Crippen LogP contribution in [0.1, 0.15) is 55.6 Å². The first-order valence-electron chi connectivity index (χ1n) is 9.20. The van der Waals surface area contributed by atoms with Gasteiger partial charge in [0.1, 0.15) is 0 Å². The molecule has 23 heavy (non-hydrogen) atoms. The maximum atomic E-state index is 2.69. The number of likely N-dealkylation sites (tertiary alicyclic amines) is 1.